The summed E-state index contributed by atoms with van der Waals surface area (Å²) < 4.78 is 0. The normalized spacial score (nSPS) is 14.9. The quantitative estimate of drug-likeness (QED) is 0.430. The zero-order chi connectivity index (χ0) is 17.6. The molecule has 140 valence electrons. The number of halogens is 1. The van der Waals surface area contributed by atoms with Gasteiger partial charge in [0.1, 0.15) is 0 Å². The van der Waals surface area contributed by atoms with Crippen LogP contribution in [0, 0.1) is 0 Å². The minimum absolute atomic E-state index is 0. The average molecular weight is 466 g/mol. The second kappa shape index (κ2) is 9.75. The lowest BCUT2D eigenvalue weighted by molar-refractivity contribution is -0.130. The van der Waals surface area contributed by atoms with Crippen molar-refractivity contribution in [2.75, 3.05) is 32.7 Å². The molecule has 3 rings (SSSR count). The number of nitrogens with one attached hydrogen (secondary N) is 1. The number of nitrogens with zero attached hydrogens (tertiary/aromatic N) is 3. The topological polar surface area (TPSA) is 47.9 Å². The Bertz CT molecular complexity index is 769. The summed E-state index contributed by atoms with van der Waals surface area (Å²) in [7, 11) is 0. The van der Waals surface area contributed by atoms with Crippen molar-refractivity contribution >= 4 is 46.6 Å². The lowest BCUT2D eigenvalue weighted by Gasteiger charge is -2.36. The molecule has 0 atom stereocenters. The van der Waals surface area contributed by atoms with Gasteiger partial charge in [0.05, 0.1) is 6.54 Å². The van der Waals surface area contributed by atoms with Gasteiger partial charge in [-0.15, -0.1) is 24.0 Å². The molecule has 6 heteroatoms. The Morgan fingerprint density at radius 1 is 1.04 bits per heavy atom. The standard InChI is InChI=1S/C20H26N4O.HI/c1-3-21-20(24-12-10-23(11-13-24)16(2)25)22-15-17-8-9-18-6-4-5-7-19(18)14-17;/h4-9,14H,3,10-13,15H2,1-2H3,(H,21,22);1H. The van der Waals surface area contributed by atoms with Crippen molar-refractivity contribution in [3.63, 3.8) is 0 Å². The second-order valence-electron chi connectivity index (χ2n) is 6.34. The van der Waals surface area contributed by atoms with Gasteiger partial charge in [0.2, 0.25) is 5.91 Å². The Morgan fingerprint density at radius 2 is 1.69 bits per heavy atom. The molecule has 1 heterocycles. The van der Waals surface area contributed by atoms with Crippen LogP contribution in [0.15, 0.2) is 47.5 Å². The molecule has 2 aromatic carbocycles. The number of piperazine rings is 1. The lowest BCUT2D eigenvalue weighted by atomic mass is 10.1. The number of hydrogen-bond donors (Lipinski definition) is 1. The number of fused-ring (bicyclic) bond motifs is 1. The van der Waals surface area contributed by atoms with Gasteiger partial charge in [-0.25, -0.2) is 4.99 Å². The van der Waals surface area contributed by atoms with Crippen LogP contribution in [0.1, 0.15) is 19.4 Å². The third-order valence-electron chi connectivity index (χ3n) is 4.58. The van der Waals surface area contributed by atoms with Gasteiger partial charge < -0.3 is 15.1 Å². The number of rotatable bonds is 3. The molecular formula is C20H27IN4O. The summed E-state index contributed by atoms with van der Waals surface area (Å²) in [4.78, 5) is 20.4. The van der Waals surface area contributed by atoms with E-state index in [1.807, 2.05) is 4.90 Å². The molecular weight excluding hydrogens is 439 g/mol. The molecule has 26 heavy (non-hydrogen) atoms. The van der Waals surface area contributed by atoms with Crippen LogP contribution in [0.3, 0.4) is 0 Å². The van der Waals surface area contributed by atoms with E-state index in [1.165, 1.54) is 16.3 Å². The minimum atomic E-state index is 0. The summed E-state index contributed by atoms with van der Waals surface area (Å²) in [5, 5.41) is 5.87. The Balaban J connectivity index is 0.00000243. The van der Waals surface area contributed by atoms with Crippen molar-refractivity contribution in [3.05, 3.63) is 48.0 Å². The fourth-order valence-corrected chi connectivity index (χ4v) is 3.16. The van der Waals surface area contributed by atoms with Crippen LogP contribution >= 0.6 is 24.0 Å². The van der Waals surface area contributed by atoms with E-state index in [0.717, 1.165) is 38.7 Å². The summed E-state index contributed by atoms with van der Waals surface area (Å²) in [5.41, 5.74) is 1.21. The van der Waals surface area contributed by atoms with Gasteiger partial charge in [-0.3, -0.25) is 4.79 Å². The molecule has 0 unspecified atom stereocenters. The molecule has 1 aliphatic heterocycles. The number of carbonyl (C=O) groups is 1. The first-order valence-electron chi connectivity index (χ1n) is 8.94. The molecule has 2 aromatic rings. The number of hydrogen-bond acceptors (Lipinski definition) is 2. The third kappa shape index (κ3) is 5.09. The molecule has 1 N–H and O–H groups in total. The molecule has 0 aliphatic carbocycles. The molecule has 5 nitrogen and oxygen atoms in total. The molecule has 1 saturated heterocycles. The smallest absolute Gasteiger partial charge is 0.219 e. The van der Waals surface area contributed by atoms with E-state index in [2.05, 4.69) is 59.6 Å². The second-order valence-corrected chi connectivity index (χ2v) is 6.34. The number of amides is 1. The van der Waals surface area contributed by atoms with E-state index in [4.69, 9.17) is 4.99 Å². The highest BCUT2D eigenvalue weighted by Gasteiger charge is 2.20. The highest BCUT2D eigenvalue weighted by molar-refractivity contribution is 14.0. The van der Waals surface area contributed by atoms with E-state index in [9.17, 15) is 4.79 Å². The fourth-order valence-electron chi connectivity index (χ4n) is 3.16. The number of aliphatic imine (C=N–C) groups is 1. The van der Waals surface area contributed by atoms with Gasteiger partial charge >= 0.3 is 0 Å². The first kappa shape index (κ1) is 20.5. The zero-order valence-corrected chi connectivity index (χ0v) is 17.8. The number of carbonyl (C=O) groups excluding carboxylic acids is 1. The summed E-state index contributed by atoms with van der Waals surface area (Å²) in [6.07, 6.45) is 0. The predicted octanol–water partition coefficient (Wildman–Crippen LogP) is 3.09. The number of guanidine groups is 1. The van der Waals surface area contributed by atoms with E-state index >= 15 is 0 Å². The van der Waals surface area contributed by atoms with Crippen LogP contribution in [0.2, 0.25) is 0 Å². The predicted molar refractivity (Wildman–Crippen MR) is 118 cm³/mol. The van der Waals surface area contributed by atoms with Crippen molar-refractivity contribution in [2.24, 2.45) is 4.99 Å². The molecule has 0 radical (unpaired) electrons. The monoisotopic (exact) mass is 466 g/mol. The summed E-state index contributed by atoms with van der Waals surface area (Å²) in [6, 6.07) is 14.9. The average Bonchev–Trinajstić information content (AvgIpc) is 2.65. The highest BCUT2D eigenvalue weighted by atomic mass is 127. The molecule has 1 amide bonds. The van der Waals surface area contributed by atoms with Crippen LogP contribution in [0.4, 0.5) is 0 Å². The van der Waals surface area contributed by atoms with Crippen LogP contribution in [0.25, 0.3) is 10.8 Å². The van der Waals surface area contributed by atoms with Gasteiger partial charge in [-0.1, -0.05) is 36.4 Å². The molecule has 1 fully saturated rings. The van der Waals surface area contributed by atoms with E-state index in [0.29, 0.717) is 6.54 Å². The molecule has 0 spiro atoms. The van der Waals surface area contributed by atoms with E-state index < -0.39 is 0 Å². The third-order valence-corrected chi connectivity index (χ3v) is 4.58. The Labute approximate surface area is 172 Å². The van der Waals surface area contributed by atoms with Crippen molar-refractivity contribution in [2.45, 2.75) is 20.4 Å². The van der Waals surface area contributed by atoms with Gasteiger partial charge in [-0.2, -0.15) is 0 Å². The van der Waals surface area contributed by atoms with Crippen molar-refractivity contribution in [1.29, 1.82) is 0 Å². The van der Waals surface area contributed by atoms with Crippen molar-refractivity contribution < 1.29 is 4.79 Å². The minimum Gasteiger partial charge on any atom is -0.357 e. The first-order chi connectivity index (χ1) is 12.2. The highest BCUT2D eigenvalue weighted by Crippen LogP contribution is 2.16. The summed E-state index contributed by atoms with van der Waals surface area (Å²) in [5.74, 6) is 1.08. The molecule has 0 saturated carbocycles. The molecule has 0 aromatic heterocycles. The van der Waals surface area contributed by atoms with Gasteiger partial charge in [0.25, 0.3) is 0 Å². The SMILES string of the molecule is CCNC(=NCc1ccc2ccccc2c1)N1CCN(C(C)=O)CC1.I. The van der Waals surface area contributed by atoms with Gasteiger partial charge in [-0.05, 0) is 29.3 Å². The fraction of sp³-hybridized carbons (Fsp3) is 0.400. The Kier molecular flexibility index (Phi) is 7.68. The molecule has 1 aliphatic rings. The van der Waals surface area contributed by atoms with Crippen LogP contribution < -0.4 is 5.32 Å². The molecule has 0 bridgehead atoms. The maximum atomic E-state index is 11.5. The van der Waals surface area contributed by atoms with E-state index in [-0.39, 0.29) is 29.9 Å². The maximum Gasteiger partial charge on any atom is 0.219 e. The maximum absolute atomic E-state index is 11.5. The summed E-state index contributed by atoms with van der Waals surface area (Å²) in [6.45, 7) is 8.37. The van der Waals surface area contributed by atoms with Crippen LogP contribution in [-0.2, 0) is 11.3 Å². The lowest BCUT2D eigenvalue weighted by Crippen LogP contribution is -2.53. The van der Waals surface area contributed by atoms with E-state index in [1.54, 1.807) is 6.92 Å². The summed E-state index contributed by atoms with van der Waals surface area (Å²) >= 11 is 0. The first-order valence-corrected chi connectivity index (χ1v) is 8.94. The van der Waals surface area contributed by atoms with Crippen LogP contribution in [0.5, 0.6) is 0 Å². The van der Waals surface area contributed by atoms with Crippen molar-refractivity contribution in [3.8, 4) is 0 Å². The largest absolute Gasteiger partial charge is 0.357 e. The van der Waals surface area contributed by atoms with Gasteiger partial charge in [0, 0.05) is 39.6 Å². The Morgan fingerprint density at radius 3 is 2.35 bits per heavy atom. The van der Waals surface area contributed by atoms with Gasteiger partial charge in [0.15, 0.2) is 5.96 Å². The zero-order valence-electron chi connectivity index (χ0n) is 15.4. The van der Waals surface area contributed by atoms with Crippen LogP contribution in [-0.4, -0.2) is 54.4 Å². The van der Waals surface area contributed by atoms with Crippen molar-refractivity contribution in [1.82, 2.24) is 15.1 Å². The number of benzene rings is 2. The Hall–Kier alpha value is -1.83.